The van der Waals surface area contributed by atoms with Crippen molar-refractivity contribution >= 4 is 39.1 Å². The molecule has 0 spiro atoms. The Bertz CT molecular complexity index is 807. The minimum absolute atomic E-state index is 0.168. The third-order valence-electron chi connectivity index (χ3n) is 3.43. The largest absolute Gasteiger partial charge is 0.454 e. The van der Waals surface area contributed by atoms with E-state index in [0.717, 1.165) is 10.0 Å². The fourth-order valence-corrected chi connectivity index (χ4v) is 2.58. The summed E-state index contributed by atoms with van der Waals surface area (Å²) in [7, 11) is 0. The third-order valence-corrected chi connectivity index (χ3v) is 4.29. The molecule has 2 N–H and O–H groups in total. The molecule has 1 aliphatic heterocycles. The number of hydrogen-bond acceptors (Lipinski definition) is 4. The van der Waals surface area contributed by atoms with Gasteiger partial charge in [-0.1, -0.05) is 22.0 Å². The Hall–Kier alpha value is -2.54. The number of nitrogens with one attached hydrogen (secondary N) is 2. The van der Waals surface area contributed by atoms with Crippen LogP contribution in [0.4, 0.5) is 11.4 Å². The number of aryl methyl sites for hydroxylation is 1. The van der Waals surface area contributed by atoms with Gasteiger partial charge in [0.1, 0.15) is 6.42 Å². The molecule has 1 aliphatic rings. The lowest BCUT2D eigenvalue weighted by atomic mass is 10.2. The number of benzene rings is 2. The molecule has 2 amide bonds. The highest BCUT2D eigenvalue weighted by Gasteiger charge is 2.15. The standard InChI is InChI=1S/C17H15BrN2O4/c1-10-2-3-11(6-13(10)18)19-16(21)8-17(22)20-12-4-5-14-15(7-12)24-9-23-14/h2-7H,8-9H2,1H3,(H,19,21)(H,20,22). The van der Waals surface area contributed by atoms with Crippen LogP contribution in [-0.4, -0.2) is 18.6 Å². The summed E-state index contributed by atoms with van der Waals surface area (Å²) in [6.45, 7) is 2.12. The fraction of sp³-hybridized carbons (Fsp3) is 0.176. The number of rotatable bonds is 4. The number of fused-ring (bicyclic) bond motifs is 1. The van der Waals surface area contributed by atoms with Gasteiger partial charge in [0.15, 0.2) is 11.5 Å². The van der Waals surface area contributed by atoms with Crippen LogP contribution in [0, 0.1) is 6.92 Å². The van der Waals surface area contributed by atoms with Gasteiger partial charge in [-0.05, 0) is 36.8 Å². The van der Waals surface area contributed by atoms with Gasteiger partial charge >= 0.3 is 0 Å². The molecule has 0 radical (unpaired) electrons. The molecule has 2 aromatic carbocycles. The summed E-state index contributed by atoms with van der Waals surface area (Å²) >= 11 is 3.40. The molecule has 2 aromatic rings. The second kappa shape index (κ2) is 6.92. The smallest absolute Gasteiger partial charge is 0.233 e. The minimum atomic E-state index is -0.405. The van der Waals surface area contributed by atoms with E-state index < -0.39 is 5.91 Å². The van der Waals surface area contributed by atoms with Crippen molar-refractivity contribution in [3.8, 4) is 11.5 Å². The third kappa shape index (κ3) is 3.86. The van der Waals surface area contributed by atoms with Crippen molar-refractivity contribution < 1.29 is 19.1 Å². The molecule has 0 saturated carbocycles. The van der Waals surface area contributed by atoms with E-state index >= 15 is 0 Å². The highest BCUT2D eigenvalue weighted by atomic mass is 79.9. The highest BCUT2D eigenvalue weighted by molar-refractivity contribution is 9.10. The van der Waals surface area contributed by atoms with E-state index in [2.05, 4.69) is 26.6 Å². The molecule has 0 saturated heterocycles. The zero-order chi connectivity index (χ0) is 17.1. The quantitative estimate of drug-likeness (QED) is 0.783. The maximum Gasteiger partial charge on any atom is 0.233 e. The van der Waals surface area contributed by atoms with E-state index in [1.807, 2.05) is 13.0 Å². The summed E-state index contributed by atoms with van der Waals surface area (Å²) < 4.78 is 11.3. The van der Waals surface area contributed by atoms with Gasteiger partial charge in [0, 0.05) is 21.9 Å². The van der Waals surface area contributed by atoms with E-state index in [-0.39, 0.29) is 19.1 Å². The summed E-state index contributed by atoms with van der Waals surface area (Å²) in [6, 6.07) is 10.5. The average Bonchev–Trinajstić information content (AvgIpc) is 2.98. The Morgan fingerprint density at radius 3 is 2.33 bits per heavy atom. The molecule has 0 unspecified atom stereocenters. The van der Waals surface area contributed by atoms with Crippen LogP contribution in [0.15, 0.2) is 40.9 Å². The monoisotopic (exact) mass is 390 g/mol. The van der Waals surface area contributed by atoms with Crippen LogP contribution in [0.3, 0.4) is 0 Å². The number of halogens is 1. The summed E-state index contributed by atoms with van der Waals surface area (Å²) in [5.74, 6) is 0.416. The first-order valence-corrected chi connectivity index (χ1v) is 8.06. The molecule has 1 heterocycles. The fourth-order valence-electron chi connectivity index (χ4n) is 2.20. The summed E-state index contributed by atoms with van der Waals surface area (Å²) in [5.41, 5.74) is 2.25. The Labute approximate surface area is 147 Å². The average molecular weight is 391 g/mol. The number of ether oxygens (including phenoxy) is 2. The molecule has 7 heteroatoms. The maximum atomic E-state index is 12.0. The molecule has 124 valence electrons. The van der Waals surface area contributed by atoms with E-state index in [1.165, 1.54) is 0 Å². The number of amides is 2. The van der Waals surface area contributed by atoms with Crippen LogP contribution in [0.1, 0.15) is 12.0 Å². The highest BCUT2D eigenvalue weighted by Crippen LogP contribution is 2.34. The molecule has 0 aliphatic carbocycles. The predicted octanol–water partition coefficient (Wildman–Crippen LogP) is 3.45. The van der Waals surface area contributed by atoms with Gasteiger partial charge in [0.25, 0.3) is 0 Å². The second-order valence-corrected chi connectivity index (χ2v) is 6.16. The molecule has 6 nitrogen and oxygen atoms in total. The van der Waals surface area contributed by atoms with Crippen LogP contribution in [0.25, 0.3) is 0 Å². The zero-order valence-corrected chi connectivity index (χ0v) is 14.5. The lowest BCUT2D eigenvalue weighted by Gasteiger charge is -2.08. The van der Waals surface area contributed by atoms with Gasteiger partial charge in [-0.25, -0.2) is 0 Å². The summed E-state index contributed by atoms with van der Waals surface area (Å²) in [5, 5.41) is 5.36. The van der Waals surface area contributed by atoms with Crippen molar-refractivity contribution in [3.63, 3.8) is 0 Å². The Morgan fingerprint density at radius 2 is 1.62 bits per heavy atom. The topological polar surface area (TPSA) is 76.7 Å². The first kappa shape index (κ1) is 16.3. The summed E-state index contributed by atoms with van der Waals surface area (Å²) in [6.07, 6.45) is -0.278. The molecule has 0 aromatic heterocycles. The Balaban J connectivity index is 1.56. The van der Waals surface area contributed by atoms with Gasteiger partial charge in [-0.2, -0.15) is 0 Å². The lowest BCUT2D eigenvalue weighted by molar-refractivity contribution is -0.123. The van der Waals surface area contributed by atoms with Crippen molar-refractivity contribution in [2.45, 2.75) is 13.3 Å². The van der Waals surface area contributed by atoms with E-state index in [0.29, 0.717) is 22.9 Å². The van der Waals surface area contributed by atoms with Crippen molar-refractivity contribution in [1.82, 2.24) is 0 Å². The normalized spacial score (nSPS) is 11.9. The second-order valence-electron chi connectivity index (χ2n) is 5.31. The molecular formula is C17H15BrN2O4. The van der Waals surface area contributed by atoms with Crippen molar-refractivity contribution in [1.29, 1.82) is 0 Å². The van der Waals surface area contributed by atoms with Crippen molar-refractivity contribution in [2.24, 2.45) is 0 Å². The van der Waals surface area contributed by atoms with Crippen LogP contribution >= 0.6 is 15.9 Å². The molecule has 24 heavy (non-hydrogen) atoms. The van der Waals surface area contributed by atoms with E-state index in [9.17, 15) is 9.59 Å². The number of carbonyl (C=O) groups excluding carboxylic acids is 2. The predicted molar refractivity (Wildman–Crippen MR) is 93.3 cm³/mol. The lowest BCUT2D eigenvalue weighted by Crippen LogP contribution is -2.21. The molecule has 0 bridgehead atoms. The van der Waals surface area contributed by atoms with Gasteiger partial charge in [-0.15, -0.1) is 0 Å². The number of carbonyl (C=O) groups is 2. The van der Waals surface area contributed by atoms with E-state index in [1.54, 1.807) is 30.3 Å². The first-order chi connectivity index (χ1) is 11.5. The van der Waals surface area contributed by atoms with Crippen LogP contribution < -0.4 is 20.1 Å². The van der Waals surface area contributed by atoms with Crippen molar-refractivity contribution in [3.05, 3.63) is 46.4 Å². The molecule has 3 rings (SSSR count). The van der Waals surface area contributed by atoms with Crippen LogP contribution in [-0.2, 0) is 9.59 Å². The number of anilines is 2. The summed E-state index contributed by atoms with van der Waals surface area (Å²) in [4.78, 5) is 23.9. The Kier molecular flexibility index (Phi) is 4.71. The molecular weight excluding hydrogens is 376 g/mol. The van der Waals surface area contributed by atoms with Gasteiger partial charge < -0.3 is 20.1 Å². The molecule has 0 atom stereocenters. The van der Waals surface area contributed by atoms with Gasteiger partial charge in [-0.3, -0.25) is 9.59 Å². The Morgan fingerprint density at radius 1 is 1.00 bits per heavy atom. The maximum absolute atomic E-state index is 12.0. The van der Waals surface area contributed by atoms with Gasteiger partial charge in [0.05, 0.1) is 0 Å². The number of hydrogen-bond donors (Lipinski definition) is 2. The first-order valence-electron chi connectivity index (χ1n) is 7.27. The zero-order valence-electron chi connectivity index (χ0n) is 12.9. The SMILES string of the molecule is Cc1ccc(NC(=O)CC(=O)Nc2ccc3c(c2)OCO3)cc1Br. The molecule has 0 fully saturated rings. The van der Waals surface area contributed by atoms with Crippen LogP contribution in [0.2, 0.25) is 0 Å². The van der Waals surface area contributed by atoms with E-state index in [4.69, 9.17) is 9.47 Å². The minimum Gasteiger partial charge on any atom is -0.454 e. The van der Waals surface area contributed by atoms with Gasteiger partial charge in [0.2, 0.25) is 18.6 Å². The van der Waals surface area contributed by atoms with Crippen molar-refractivity contribution in [2.75, 3.05) is 17.4 Å². The van der Waals surface area contributed by atoms with Crippen LogP contribution in [0.5, 0.6) is 11.5 Å².